The maximum Gasteiger partial charge on any atom is 0.252 e. The number of carbonyl (C=O) groups excluding carboxylic acids is 1. The molecule has 1 aliphatic carbocycles. The van der Waals surface area contributed by atoms with Crippen LogP contribution in [0.2, 0.25) is 0 Å². The van der Waals surface area contributed by atoms with Crippen molar-refractivity contribution in [3.63, 3.8) is 0 Å². The van der Waals surface area contributed by atoms with Gasteiger partial charge in [0, 0.05) is 18.2 Å². The van der Waals surface area contributed by atoms with E-state index in [2.05, 4.69) is 5.32 Å². The smallest absolute Gasteiger partial charge is 0.252 e. The first-order valence-electron chi connectivity index (χ1n) is 8.28. The summed E-state index contributed by atoms with van der Waals surface area (Å²) >= 11 is 0. The SMILES string of the molecule is Cl.NCC(NC(=O)c1cccc2ccccc12)C1CCCCC1. The van der Waals surface area contributed by atoms with Crippen LogP contribution in [0.1, 0.15) is 42.5 Å². The van der Waals surface area contributed by atoms with Gasteiger partial charge in [0.1, 0.15) is 0 Å². The van der Waals surface area contributed by atoms with E-state index in [-0.39, 0.29) is 24.4 Å². The molecule has 4 heteroatoms. The number of carbonyl (C=O) groups is 1. The Hall–Kier alpha value is -1.58. The fraction of sp³-hybridized carbons (Fsp3) is 0.421. The van der Waals surface area contributed by atoms with Crippen molar-refractivity contribution in [1.29, 1.82) is 0 Å². The summed E-state index contributed by atoms with van der Waals surface area (Å²) in [5, 5.41) is 5.28. The zero-order valence-corrected chi connectivity index (χ0v) is 14.1. The maximum atomic E-state index is 12.7. The zero-order valence-electron chi connectivity index (χ0n) is 13.3. The molecule has 1 aliphatic rings. The van der Waals surface area contributed by atoms with Crippen molar-refractivity contribution < 1.29 is 4.79 Å². The van der Waals surface area contributed by atoms with Gasteiger partial charge in [0.05, 0.1) is 0 Å². The van der Waals surface area contributed by atoms with E-state index in [4.69, 9.17) is 5.73 Å². The maximum absolute atomic E-state index is 12.7. The first-order valence-corrected chi connectivity index (χ1v) is 8.28. The molecular formula is C19H25ClN2O. The van der Waals surface area contributed by atoms with E-state index in [0.29, 0.717) is 12.5 Å². The molecule has 1 saturated carbocycles. The number of nitrogens with one attached hydrogen (secondary N) is 1. The van der Waals surface area contributed by atoms with Gasteiger partial charge in [-0.1, -0.05) is 55.7 Å². The molecule has 3 N–H and O–H groups in total. The molecule has 0 aromatic heterocycles. The van der Waals surface area contributed by atoms with Gasteiger partial charge in [-0.2, -0.15) is 0 Å². The molecule has 0 aliphatic heterocycles. The molecular weight excluding hydrogens is 308 g/mol. The molecule has 0 spiro atoms. The summed E-state index contributed by atoms with van der Waals surface area (Å²) in [6, 6.07) is 14.0. The highest BCUT2D eigenvalue weighted by Crippen LogP contribution is 2.26. The predicted molar refractivity (Wildman–Crippen MR) is 98.1 cm³/mol. The van der Waals surface area contributed by atoms with Gasteiger partial charge in [0.25, 0.3) is 5.91 Å². The fourth-order valence-electron chi connectivity index (χ4n) is 3.58. The molecule has 1 fully saturated rings. The molecule has 1 atom stereocenters. The molecule has 0 saturated heterocycles. The summed E-state index contributed by atoms with van der Waals surface area (Å²) in [6.07, 6.45) is 6.18. The Labute approximate surface area is 144 Å². The number of hydrogen-bond donors (Lipinski definition) is 2. The Balaban J connectivity index is 0.00000192. The lowest BCUT2D eigenvalue weighted by Gasteiger charge is -2.30. The van der Waals surface area contributed by atoms with Gasteiger partial charge >= 0.3 is 0 Å². The molecule has 0 bridgehead atoms. The van der Waals surface area contributed by atoms with Gasteiger partial charge in [-0.05, 0) is 35.6 Å². The van der Waals surface area contributed by atoms with Gasteiger partial charge < -0.3 is 11.1 Å². The Morgan fingerprint density at radius 1 is 1.09 bits per heavy atom. The number of fused-ring (bicyclic) bond motifs is 1. The standard InChI is InChI=1S/C19H24N2O.ClH/c20-13-18(15-8-2-1-3-9-15)21-19(22)17-12-6-10-14-7-4-5-11-16(14)17;/h4-7,10-12,15,18H,1-3,8-9,13,20H2,(H,21,22);1H. The first-order chi connectivity index (χ1) is 10.8. The number of halogens is 1. The minimum absolute atomic E-state index is 0. The van der Waals surface area contributed by atoms with Crippen LogP contribution in [0.15, 0.2) is 42.5 Å². The lowest BCUT2D eigenvalue weighted by Crippen LogP contribution is -2.45. The molecule has 1 amide bonds. The highest BCUT2D eigenvalue weighted by molar-refractivity contribution is 6.07. The molecule has 3 nitrogen and oxygen atoms in total. The van der Waals surface area contributed by atoms with Crippen molar-refractivity contribution in [2.45, 2.75) is 38.1 Å². The third kappa shape index (κ3) is 4.04. The quantitative estimate of drug-likeness (QED) is 0.892. The van der Waals surface area contributed by atoms with E-state index in [1.54, 1.807) is 0 Å². The van der Waals surface area contributed by atoms with E-state index < -0.39 is 0 Å². The second kappa shape index (κ2) is 8.32. The third-order valence-corrected chi connectivity index (χ3v) is 4.82. The van der Waals surface area contributed by atoms with Crippen LogP contribution in [0.5, 0.6) is 0 Å². The van der Waals surface area contributed by atoms with Crippen LogP contribution in [0.3, 0.4) is 0 Å². The second-order valence-electron chi connectivity index (χ2n) is 6.24. The highest BCUT2D eigenvalue weighted by atomic mass is 35.5. The predicted octanol–water partition coefficient (Wildman–Crippen LogP) is 3.90. The molecule has 1 unspecified atom stereocenters. The highest BCUT2D eigenvalue weighted by Gasteiger charge is 2.24. The van der Waals surface area contributed by atoms with Crippen molar-refractivity contribution in [2.75, 3.05) is 6.54 Å². The normalized spacial score (nSPS) is 16.6. The summed E-state index contributed by atoms with van der Waals surface area (Å²) in [7, 11) is 0. The first kappa shape index (κ1) is 17.8. The van der Waals surface area contributed by atoms with Gasteiger partial charge in [0.15, 0.2) is 0 Å². The van der Waals surface area contributed by atoms with Crippen molar-refractivity contribution in [1.82, 2.24) is 5.32 Å². The Morgan fingerprint density at radius 2 is 1.78 bits per heavy atom. The van der Waals surface area contributed by atoms with Crippen LogP contribution in [-0.2, 0) is 0 Å². The number of nitrogens with two attached hydrogens (primary N) is 1. The van der Waals surface area contributed by atoms with Crippen LogP contribution >= 0.6 is 12.4 Å². The minimum atomic E-state index is -0.00202. The average molecular weight is 333 g/mol. The van der Waals surface area contributed by atoms with E-state index in [9.17, 15) is 4.79 Å². The van der Waals surface area contributed by atoms with Gasteiger partial charge in [-0.3, -0.25) is 4.79 Å². The minimum Gasteiger partial charge on any atom is -0.348 e. The lowest BCUT2D eigenvalue weighted by atomic mass is 9.83. The van der Waals surface area contributed by atoms with Crippen molar-refractivity contribution in [3.05, 3.63) is 48.0 Å². The monoisotopic (exact) mass is 332 g/mol. The largest absolute Gasteiger partial charge is 0.348 e. The fourth-order valence-corrected chi connectivity index (χ4v) is 3.58. The van der Waals surface area contributed by atoms with Gasteiger partial charge in [-0.15, -0.1) is 12.4 Å². The van der Waals surface area contributed by atoms with Crippen molar-refractivity contribution >= 4 is 29.1 Å². The number of amides is 1. The third-order valence-electron chi connectivity index (χ3n) is 4.82. The zero-order chi connectivity index (χ0) is 15.4. The Bertz CT molecular complexity index is 647. The summed E-state index contributed by atoms with van der Waals surface area (Å²) in [6.45, 7) is 0.515. The van der Waals surface area contributed by atoms with E-state index in [1.807, 2.05) is 42.5 Å². The molecule has 124 valence electrons. The number of benzene rings is 2. The van der Waals surface area contributed by atoms with E-state index in [1.165, 1.54) is 32.1 Å². The molecule has 0 heterocycles. The lowest BCUT2D eigenvalue weighted by molar-refractivity contribution is 0.0917. The summed E-state index contributed by atoms with van der Waals surface area (Å²) < 4.78 is 0. The van der Waals surface area contributed by atoms with Gasteiger partial charge in [-0.25, -0.2) is 0 Å². The summed E-state index contributed by atoms with van der Waals surface area (Å²) in [5.74, 6) is 0.524. The van der Waals surface area contributed by atoms with Crippen molar-refractivity contribution in [3.8, 4) is 0 Å². The number of hydrogen-bond acceptors (Lipinski definition) is 2. The van der Waals surface area contributed by atoms with Gasteiger partial charge in [0.2, 0.25) is 0 Å². The van der Waals surface area contributed by atoms with Crippen molar-refractivity contribution in [2.24, 2.45) is 11.7 Å². The van der Waals surface area contributed by atoms with Crippen LogP contribution in [0.25, 0.3) is 10.8 Å². The van der Waals surface area contributed by atoms with Crippen LogP contribution < -0.4 is 11.1 Å². The molecule has 2 aromatic rings. The van der Waals surface area contributed by atoms with Crippen LogP contribution in [0.4, 0.5) is 0 Å². The molecule has 23 heavy (non-hydrogen) atoms. The van der Waals surface area contributed by atoms with E-state index >= 15 is 0 Å². The molecule has 3 rings (SSSR count). The molecule has 2 aromatic carbocycles. The Kier molecular flexibility index (Phi) is 6.43. The second-order valence-corrected chi connectivity index (χ2v) is 6.24. The van der Waals surface area contributed by atoms with Crippen LogP contribution in [0, 0.1) is 5.92 Å². The number of rotatable bonds is 4. The summed E-state index contributed by atoms with van der Waals surface area (Å²) in [5.41, 5.74) is 6.67. The van der Waals surface area contributed by atoms with E-state index in [0.717, 1.165) is 16.3 Å². The molecule has 0 radical (unpaired) electrons. The average Bonchev–Trinajstić information content (AvgIpc) is 2.59. The topological polar surface area (TPSA) is 55.1 Å². The Morgan fingerprint density at radius 3 is 2.52 bits per heavy atom. The summed E-state index contributed by atoms with van der Waals surface area (Å²) in [4.78, 5) is 12.7. The van der Waals surface area contributed by atoms with Crippen LogP contribution in [-0.4, -0.2) is 18.5 Å².